The van der Waals surface area contributed by atoms with Crippen LogP contribution >= 0.6 is 11.6 Å². The SMILES string of the molecule is CCn1c(COc2cccc(Cl)c2)cc2cccc(C)c21. The Kier molecular flexibility index (Phi) is 3.89. The summed E-state index contributed by atoms with van der Waals surface area (Å²) in [7, 11) is 0. The Bertz CT molecular complexity index is 776. The van der Waals surface area contributed by atoms with Crippen LogP contribution in [0.5, 0.6) is 5.75 Å². The van der Waals surface area contributed by atoms with Gasteiger partial charge in [-0.2, -0.15) is 0 Å². The fourth-order valence-electron chi connectivity index (χ4n) is 2.76. The van der Waals surface area contributed by atoms with Crippen LogP contribution in [0.3, 0.4) is 0 Å². The molecule has 21 heavy (non-hydrogen) atoms. The lowest BCUT2D eigenvalue weighted by atomic mass is 10.2. The molecule has 0 aliphatic heterocycles. The number of benzene rings is 2. The molecule has 0 aliphatic carbocycles. The highest BCUT2D eigenvalue weighted by atomic mass is 35.5. The Hall–Kier alpha value is -1.93. The Labute approximate surface area is 129 Å². The molecule has 0 amide bonds. The standard InChI is InChI=1S/C18H18ClNO/c1-3-20-16(10-14-7-4-6-13(2)18(14)20)12-21-17-9-5-8-15(19)11-17/h4-11H,3,12H2,1-2H3. The molecule has 3 rings (SSSR count). The summed E-state index contributed by atoms with van der Waals surface area (Å²) in [5.41, 5.74) is 3.77. The maximum Gasteiger partial charge on any atom is 0.128 e. The van der Waals surface area contributed by atoms with Gasteiger partial charge in [-0.15, -0.1) is 0 Å². The number of fused-ring (bicyclic) bond motifs is 1. The lowest BCUT2D eigenvalue weighted by Gasteiger charge is -2.11. The highest BCUT2D eigenvalue weighted by Gasteiger charge is 2.10. The molecule has 3 heteroatoms. The minimum absolute atomic E-state index is 0.544. The van der Waals surface area contributed by atoms with Crippen LogP contribution < -0.4 is 4.74 Å². The zero-order chi connectivity index (χ0) is 14.8. The van der Waals surface area contributed by atoms with Gasteiger partial charge in [0.15, 0.2) is 0 Å². The van der Waals surface area contributed by atoms with Gasteiger partial charge in [-0.25, -0.2) is 0 Å². The summed E-state index contributed by atoms with van der Waals surface area (Å²) >= 11 is 5.98. The minimum atomic E-state index is 0.544. The first kappa shape index (κ1) is 14.0. The number of nitrogens with zero attached hydrogens (tertiary/aromatic N) is 1. The van der Waals surface area contributed by atoms with E-state index in [1.54, 1.807) is 0 Å². The third-order valence-corrected chi connectivity index (χ3v) is 3.94. The number of aryl methyl sites for hydroxylation is 2. The molecule has 0 saturated heterocycles. The van der Waals surface area contributed by atoms with E-state index in [-0.39, 0.29) is 0 Å². The Balaban J connectivity index is 1.92. The van der Waals surface area contributed by atoms with Crippen LogP contribution in [-0.2, 0) is 13.2 Å². The summed E-state index contributed by atoms with van der Waals surface area (Å²) in [5, 5.41) is 1.96. The molecule has 0 bridgehead atoms. The van der Waals surface area contributed by atoms with Crippen molar-refractivity contribution in [2.24, 2.45) is 0 Å². The molecule has 0 N–H and O–H groups in total. The van der Waals surface area contributed by atoms with Crippen molar-refractivity contribution in [2.45, 2.75) is 27.0 Å². The molecule has 0 aliphatic rings. The highest BCUT2D eigenvalue weighted by molar-refractivity contribution is 6.30. The first-order valence-corrected chi connectivity index (χ1v) is 7.53. The van der Waals surface area contributed by atoms with Crippen molar-refractivity contribution in [3.63, 3.8) is 0 Å². The topological polar surface area (TPSA) is 14.2 Å². The zero-order valence-electron chi connectivity index (χ0n) is 12.3. The highest BCUT2D eigenvalue weighted by Crippen LogP contribution is 2.25. The van der Waals surface area contributed by atoms with Gasteiger partial charge in [0.1, 0.15) is 12.4 Å². The first-order valence-electron chi connectivity index (χ1n) is 7.15. The summed E-state index contributed by atoms with van der Waals surface area (Å²) in [6, 6.07) is 16.1. The number of halogens is 1. The van der Waals surface area contributed by atoms with Gasteiger partial charge in [-0.05, 0) is 43.7 Å². The second kappa shape index (κ2) is 5.82. The Morgan fingerprint density at radius 3 is 2.67 bits per heavy atom. The fraction of sp³-hybridized carbons (Fsp3) is 0.222. The fourth-order valence-corrected chi connectivity index (χ4v) is 2.94. The van der Waals surface area contributed by atoms with E-state index >= 15 is 0 Å². The van der Waals surface area contributed by atoms with Gasteiger partial charge in [-0.1, -0.05) is 35.9 Å². The zero-order valence-corrected chi connectivity index (χ0v) is 13.0. The van der Waals surface area contributed by atoms with Crippen LogP contribution in [0.1, 0.15) is 18.2 Å². The van der Waals surface area contributed by atoms with Crippen molar-refractivity contribution >= 4 is 22.5 Å². The molecule has 2 aromatic carbocycles. The number of aromatic nitrogens is 1. The average molecular weight is 300 g/mol. The summed E-state index contributed by atoms with van der Waals surface area (Å²) in [4.78, 5) is 0. The molecule has 0 unspecified atom stereocenters. The average Bonchev–Trinajstić information content (AvgIpc) is 2.84. The van der Waals surface area contributed by atoms with E-state index in [0.29, 0.717) is 11.6 Å². The molecular formula is C18H18ClNO. The van der Waals surface area contributed by atoms with Gasteiger partial charge in [0.05, 0.1) is 11.2 Å². The molecule has 3 aromatic rings. The van der Waals surface area contributed by atoms with E-state index in [9.17, 15) is 0 Å². The monoisotopic (exact) mass is 299 g/mol. The van der Waals surface area contributed by atoms with Crippen LogP contribution in [0.4, 0.5) is 0 Å². The van der Waals surface area contributed by atoms with Crippen LogP contribution in [0.25, 0.3) is 10.9 Å². The van der Waals surface area contributed by atoms with E-state index in [0.717, 1.165) is 12.3 Å². The predicted octanol–water partition coefficient (Wildman–Crippen LogP) is 5.20. The molecule has 1 heterocycles. The molecular weight excluding hydrogens is 282 g/mol. The van der Waals surface area contributed by atoms with E-state index in [1.165, 1.54) is 22.2 Å². The number of para-hydroxylation sites is 1. The first-order chi connectivity index (χ1) is 10.2. The van der Waals surface area contributed by atoms with Crippen LogP contribution in [0.15, 0.2) is 48.5 Å². The molecule has 0 saturated carbocycles. The van der Waals surface area contributed by atoms with Crippen LogP contribution in [-0.4, -0.2) is 4.57 Å². The number of hydrogen-bond acceptors (Lipinski definition) is 1. The number of rotatable bonds is 4. The predicted molar refractivity (Wildman–Crippen MR) is 88.1 cm³/mol. The van der Waals surface area contributed by atoms with Crippen molar-refractivity contribution in [1.82, 2.24) is 4.57 Å². The van der Waals surface area contributed by atoms with E-state index < -0.39 is 0 Å². The smallest absolute Gasteiger partial charge is 0.128 e. The second-order valence-corrected chi connectivity index (χ2v) is 5.58. The van der Waals surface area contributed by atoms with Gasteiger partial charge in [0.2, 0.25) is 0 Å². The van der Waals surface area contributed by atoms with E-state index in [1.807, 2.05) is 24.3 Å². The normalized spacial score (nSPS) is 11.0. The Morgan fingerprint density at radius 2 is 1.90 bits per heavy atom. The molecule has 2 nitrogen and oxygen atoms in total. The van der Waals surface area contributed by atoms with Gasteiger partial charge in [0, 0.05) is 17.0 Å². The number of hydrogen-bond donors (Lipinski definition) is 0. The van der Waals surface area contributed by atoms with Gasteiger partial charge >= 0.3 is 0 Å². The van der Waals surface area contributed by atoms with Crippen molar-refractivity contribution in [3.05, 3.63) is 64.8 Å². The lowest BCUT2D eigenvalue weighted by molar-refractivity contribution is 0.296. The largest absolute Gasteiger partial charge is 0.487 e. The molecule has 1 aromatic heterocycles. The molecule has 0 fully saturated rings. The van der Waals surface area contributed by atoms with Crippen LogP contribution in [0.2, 0.25) is 5.02 Å². The number of ether oxygens (including phenoxy) is 1. The van der Waals surface area contributed by atoms with Gasteiger partial charge in [-0.3, -0.25) is 0 Å². The quantitative estimate of drug-likeness (QED) is 0.645. The van der Waals surface area contributed by atoms with E-state index in [2.05, 4.69) is 42.7 Å². The van der Waals surface area contributed by atoms with Crippen molar-refractivity contribution < 1.29 is 4.74 Å². The van der Waals surface area contributed by atoms with Gasteiger partial charge in [0.25, 0.3) is 0 Å². The molecule has 0 radical (unpaired) electrons. The van der Waals surface area contributed by atoms with Crippen LogP contribution in [0, 0.1) is 6.92 Å². The van der Waals surface area contributed by atoms with Crippen molar-refractivity contribution in [1.29, 1.82) is 0 Å². The summed E-state index contributed by atoms with van der Waals surface area (Å²) in [6.07, 6.45) is 0. The molecule has 108 valence electrons. The second-order valence-electron chi connectivity index (χ2n) is 5.14. The maximum absolute atomic E-state index is 5.98. The summed E-state index contributed by atoms with van der Waals surface area (Å²) in [5.74, 6) is 0.798. The van der Waals surface area contributed by atoms with Gasteiger partial charge < -0.3 is 9.30 Å². The maximum atomic E-state index is 5.98. The molecule has 0 atom stereocenters. The third kappa shape index (κ3) is 2.77. The summed E-state index contributed by atoms with van der Waals surface area (Å²) < 4.78 is 8.19. The van der Waals surface area contributed by atoms with E-state index in [4.69, 9.17) is 16.3 Å². The molecule has 0 spiro atoms. The van der Waals surface area contributed by atoms with Crippen molar-refractivity contribution in [2.75, 3.05) is 0 Å². The summed E-state index contributed by atoms with van der Waals surface area (Å²) in [6.45, 7) is 5.79. The van der Waals surface area contributed by atoms with Crippen molar-refractivity contribution in [3.8, 4) is 5.75 Å². The third-order valence-electron chi connectivity index (χ3n) is 3.71. The Morgan fingerprint density at radius 1 is 1.10 bits per heavy atom. The lowest BCUT2D eigenvalue weighted by Crippen LogP contribution is -2.05. The minimum Gasteiger partial charge on any atom is -0.487 e.